The highest BCUT2D eigenvalue weighted by Gasteiger charge is 2.02. The van der Waals surface area contributed by atoms with Crippen molar-refractivity contribution in [3.8, 4) is 12.0 Å². The first-order valence-corrected chi connectivity index (χ1v) is 8.32. The fourth-order valence-electron chi connectivity index (χ4n) is 1.43. The summed E-state index contributed by atoms with van der Waals surface area (Å²) in [5.41, 5.74) is 0.843. The minimum absolute atomic E-state index is 0.695. The molecule has 2 nitrogen and oxygen atoms in total. The molecule has 0 aliphatic heterocycles. The molecule has 0 saturated carbocycles. The summed E-state index contributed by atoms with van der Waals surface area (Å²) in [6.07, 6.45) is 1.60. The second-order valence-electron chi connectivity index (χ2n) is 3.95. The van der Waals surface area contributed by atoms with Gasteiger partial charge in [-0.25, -0.2) is 4.21 Å². The van der Waals surface area contributed by atoms with Crippen LogP contribution in [0.4, 0.5) is 0 Å². The highest BCUT2D eigenvalue weighted by Crippen LogP contribution is 2.11. The van der Waals surface area contributed by atoms with Crippen LogP contribution in [-0.2, 0) is 9.73 Å². The van der Waals surface area contributed by atoms with Gasteiger partial charge in [0.15, 0.2) is 0 Å². The summed E-state index contributed by atoms with van der Waals surface area (Å²) >= 11 is 3.36. The molecule has 1 atom stereocenters. The molecule has 19 heavy (non-hydrogen) atoms. The fraction of sp³-hybridized carbons (Fsp3) is 0.0667. The van der Waals surface area contributed by atoms with E-state index in [1.54, 1.807) is 18.4 Å². The van der Waals surface area contributed by atoms with E-state index in [0.29, 0.717) is 4.90 Å². The Labute approximate surface area is 122 Å². The van der Waals surface area contributed by atoms with Crippen molar-refractivity contribution in [2.24, 2.45) is 4.36 Å². The summed E-state index contributed by atoms with van der Waals surface area (Å²) in [6, 6.07) is 19.4. The molecule has 0 heterocycles. The van der Waals surface area contributed by atoms with E-state index in [-0.39, 0.29) is 0 Å². The van der Waals surface area contributed by atoms with Crippen LogP contribution in [0, 0.1) is 12.0 Å². The maximum absolute atomic E-state index is 12.4. The van der Waals surface area contributed by atoms with E-state index in [1.165, 1.54) is 0 Å². The maximum atomic E-state index is 12.4. The number of hydrogen-bond acceptors (Lipinski definition) is 2. The third-order valence-electron chi connectivity index (χ3n) is 2.44. The molecule has 0 aliphatic carbocycles. The van der Waals surface area contributed by atoms with Crippen molar-refractivity contribution in [1.82, 2.24) is 0 Å². The van der Waals surface area contributed by atoms with Crippen molar-refractivity contribution in [2.45, 2.75) is 4.90 Å². The third kappa shape index (κ3) is 3.95. The van der Waals surface area contributed by atoms with Crippen LogP contribution in [0.3, 0.4) is 0 Å². The Morgan fingerprint density at radius 1 is 1.05 bits per heavy atom. The molecule has 0 saturated heterocycles. The molecule has 1 unspecified atom stereocenters. The Balaban J connectivity index is 2.28. The lowest BCUT2D eigenvalue weighted by molar-refractivity contribution is 0.681. The second kappa shape index (κ2) is 6.05. The van der Waals surface area contributed by atoms with E-state index < -0.39 is 9.73 Å². The van der Waals surface area contributed by atoms with Gasteiger partial charge >= 0.3 is 0 Å². The van der Waals surface area contributed by atoms with Crippen LogP contribution in [-0.4, -0.2) is 10.5 Å². The number of halogens is 1. The van der Waals surface area contributed by atoms with Crippen molar-refractivity contribution in [1.29, 1.82) is 0 Å². The standard InChI is InChI=1S/C15H12BrNOS/c1-19(18,15-5-3-2-4-6-15)17-12-11-13-7-9-14(16)10-8-13/h2-10H,1H3. The Morgan fingerprint density at radius 2 is 1.68 bits per heavy atom. The van der Waals surface area contributed by atoms with Gasteiger partial charge in [0.25, 0.3) is 0 Å². The summed E-state index contributed by atoms with van der Waals surface area (Å²) in [5, 5.41) is 0. The topological polar surface area (TPSA) is 29.4 Å². The lowest BCUT2D eigenvalue weighted by Gasteiger charge is -1.99. The lowest BCUT2D eigenvalue weighted by Crippen LogP contribution is -1.95. The highest BCUT2D eigenvalue weighted by atomic mass is 79.9. The molecule has 0 spiro atoms. The second-order valence-corrected chi connectivity index (χ2v) is 7.13. The van der Waals surface area contributed by atoms with Gasteiger partial charge in [-0.2, -0.15) is 0 Å². The summed E-state index contributed by atoms with van der Waals surface area (Å²) in [6.45, 7) is 0. The van der Waals surface area contributed by atoms with Crippen LogP contribution in [0.2, 0.25) is 0 Å². The highest BCUT2D eigenvalue weighted by molar-refractivity contribution is 9.10. The minimum atomic E-state index is -2.45. The molecule has 0 aromatic heterocycles. The van der Waals surface area contributed by atoms with Gasteiger partial charge in [-0.15, -0.1) is 4.36 Å². The zero-order chi connectivity index (χ0) is 13.7. The minimum Gasteiger partial charge on any atom is -0.244 e. The molecule has 0 amide bonds. The quantitative estimate of drug-likeness (QED) is 0.727. The van der Waals surface area contributed by atoms with Gasteiger partial charge in [-0.1, -0.05) is 34.1 Å². The van der Waals surface area contributed by atoms with Crippen molar-refractivity contribution < 1.29 is 4.21 Å². The molecule has 0 bridgehead atoms. The summed E-state index contributed by atoms with van der Waals surface area (Å²) in [7, 11) is -2.45. The van der Waals surface area contributed by atoms with Crippen LogP contribution in [0.15, 0.2) is 68.3 Å². The zero-order valence-corrected chi connectivity index (χ0v) is 12.7. The van der Waals surface area contributed by atoms with Crippen LogP contribution in [0.5, 0.6) is 0 Å². The smallest absolute Gasteiger partial charge is 0.0854 e. The normalized spacial score (nSPS) is 12.9. The van der Waals surface area contributed by atoms with Crippen molar-refractivity contribution in [3.05, 3.63) is 64.6 Å². The van der Waals surface area contributed by atoms with Gasteiger partial charge < -0.3 is 0 Å². The number of benzene rings is 2. The number of rotatable bonds is 1. The van der Waals surface area contributed by atoms with Gasteiger partial charge in [0, 0.05) is 27.2 Å². The van der Waals surface area contributed by atoms with Gasteiger partial charge in [0.2, 0.25) is 0 Å². The van der Waals surface area contributed by atoms with E-state index in [0.717, 1.165) is 10.0 Å². The zero-order valence-electron chi connectivity index (χ0n) is 10.3. The first-order valence-electron chi connectivity index (χ1n) is 5.61. The van der Waals surface area contributed by atoms with Crippen molar-refractivity contribution in [2.75, 3.05) is 6.26 Å². The molecule has 96 valence electrons. The predicted octanol–water partition coefficient (Wildman–Crippen LogP) is 3.92. The molecule has 0 N–H and O–H groups in total. The van der Waals surface area contributed by atoms with Crippen molar-refractivity contribution in [3.63, 3.8) is 0 Å². The van der Waals surface area contributed by atoms with Crippen LogP contribution in [0.1, 0.15) is 5.56 Å². The molecule has 2 aromatic carbocycles. The number of nitrogens with zero attached hydrogens (tertiary/aromatic N) is 1. The van der Waals surface area contributed by atoms with Gasteiger partial charge in [-0.3, -0.25) is 0 Å². The Hall–Kier alpha value is -1.57. The monoisotopic (exact) mass is 333 g/mol. The van der Waals surface area contributed by atoms with Crippen LogP contribution < -0.4 is 0 Å². The Morgan fingerprint density at radius 3 is 2.32 bits per heavy atom. The molecular weight excluding hydrogens is 322 g/mol. The van der Waals surface area contributed by atoms with Gasteiger partial charge in [-0.05, 0) is 42.3 Å². The average molecular weight is 334 g/mol. The molecule has 2 rings (SSSR count). The Kier molecular flexibility index (Phi) is 4.41. The van der Waals surface area contributed by atoms with Crippen molar-refractivity contribution >= 4 is 25.7 Å². The third-order valence-corrected chi connectivity index (χ3v) is 4.56. The van der Waals surface area contributed by atoms with E-state index in [9.17, 15) is 4.21 Å². The van der Waals surface area contributed by atoms with Crippen LogP contribution in [0.25, 0.3) is 0 Å². The molecule has 2 aromatic rings. The van der Waals surface area contributed by atoms with E-state index in [1.807, 2.05) is 42.5 Å². The first-order chi connectivity index (χ1) is 9.08. The maximum Gasteiger partial charge on any atom is 0.0854 e. The van der Waals surface area contributed by atoms with Crippen LogP contribution >= 0.6 is 15.9 Å². The summed E-state index contributed by atoms with van der Waals surface area (Å²) in [5.74, 6) is 2.88. The average Bonchev–Trinajstić information content (AvgIpc) is 2.42. The molecule has 4 heteroatoms. The molecular formula is C15H12BrNOS. The summed E-state index contributed by atoms with van der Waals surface area (Å²) < 4.78 is 17.4. The van der Waals surface area contributed by atoms with Gasteiger partial charge in [0.1, 0.15) is 0 Å². The van der Waals surface area contributed by atoms with E-state index >= 15 is 0 Å². The largest absolute Gasteiger partial charge is 0.244 e. The lowest BCUT2D eigenvalue weighted by atomic mass is 10.2. The summed E-state index contributed by atoms with van der Waals surface area (Å²) in [4.78, 5) is 0.695. The van der Waals surface area contributed by atoms with E-state index in [2.05, 4.69) is 32.3 Å². The first kappa shape index (κ1) is 13.9. The number of hydrogen-bond donors (Lipinski definition) is 0. The molecule has 0 aliphatic rings. The Bertz CT molecular complexity index is 733. The molecule has 0 fully saturated rings. The van der Waals surface area contributed by atoms with Gasteiger partial charge in [0.05, 0.1) is 9.73 Å². The SMILES string of the molecule is CS(=O)(=NC#Cc1ccc(Br)cc1)c1ccccc1. The fourth-order valence-corrected chi connectivity index (χ4v) is 2.69. The van der Waals surface area contributed by atoms with E-state index in [4.69, 9.17) is 0 Å². The predicted molar refractivity (Wildman–Crippen MR) is 82.2 cm³/mol. The molecule has 0 radical (unpaired) electrons.